The lowest BCUT2D eigenvalue weighted by Gasteiger charge is -2.35. The molecule has 0 bridgehead atoms. The molecule has 1 saturated heterocycles. The topological polar surface area (TPSA) is 71.1 Å². The SMILES string of the molecule is CC(C)C[C@H](NC(=O)c1ccc2ccccc2c1)C(=O)N[N+]1(Cc2cccnc2)CCCC1. The van der Waals surface area contributed by atoms with Crippen molar-refractivity contribution in [3.8, 4) is 0 Å². The molecule has 0 saturated carbocycles. The number of quaternary nitrogens is 1. The van der Waals surface area contributed by atoms with Crippen molar-refractivity contribution in [3.63, 3.8) is 0 Å². The lowest BCUT2D eigenvalue weighted by atomic mass is 10.0. The number of nitrogens with zero attached hydrogens (tertiary/aromatic N) is 2. The third-order valence-electron chi connectivity index (χ3n) is 6.32. The Morgan fingerprint density at radius 2 is 1.76 bits per heavy atom. The minimum absolute atomic E-state index is 0.122. The fourth-order valence-corrected chi connectivity index (χ4v) is 4.68. The summed E-state index contributed by atoms with van der Waals surface area (Å²) in [5, 5.41) is 5.10. The zero-order valence-electron chi connectivity index (χ0n) is 19.5. The highest BCUT2D eigenvalue weighted by molar-refractivity contribution is 6.00. The van der Waals surface area contributed by atoms with E-state index < -0.39 is 6.04 Å². The van der Waals surface area contributed by atoms with Gasteiger partial charge in [-0.15, -0.1) is 0 Å². The number of nitrogens with one attached hydrogen (secondary N) is 2. The molecule has 0 aliphatic carbocycles. The van der Waals surface area contributed by atoms with Gasteiger partial charge in [0.05, 0.1) is 0 Å². The lowest BCUT2D eigenvalue weighted by Crippen LogP contribution is -2.62. The van der Waals surface area contributed by atoms with Crippen LogP contribution >= 0.6 is 0 Å². The molecule has 2 heterocycles. The number of fused-ring (bicyclic) bond motifs is 1. The van der Waals surface area contributed by atoms with E-state index in [2.05, 4.69) is 29.6 Å². The van der Waals surface area contributed by atoms with Crippen LogP contribution in [-0.4, -0.2) is 40.5 Å². The number of benzene rings is 2. The van der Waals surface area contributed by atoms with E-state index in [1.54, 1.807) is 6.20 Å². The molecule has 1 fully saturated rings. The molecule has 3 aromatic rings. The summed E-state index contributed by atoms with van der Waals surface area (Å²) in [4.78, 5) is 30.8. The van der Waals surface area contributed by atoms with Crippen LogP contribution in [-0.2, 0) is 11.3 Å². The summed E-state index contributed by atoms with van der Waals surface area (Å²) < 4.78 is 0.505. The molecule has 4 rings (SSSR count). The summed E-state index contributed by atoms with van der Waals surface area (Å²) in [5.41, 5.74) is 4.95. The summed E-state index contributed by atoms with van der Waals surface area (Å²) in [5.74, 6) is -0.0755. The van der Waals surface area contributed by atoms with Crippen molar-refractivity contribution in [1.82, 2.24) is 15.7 Å². The number of carbonyl (C=O) groups is 2. The van der Waals surface area contributed by atoms with Crippen molar-refractivity contribution in [2.45, 2.75) is 45.7 Å². The number of amides is 2. The molecule has 0 unspecified atom stereocenters. The van der Waals surface area contributed by atoms with Gasteiger partial charge >= 0.3 is 0 Å². The van der Waals surface area contributed by atoms with Crippen LogP contribution < -0.4 is 10.7 Å². The van der Waals surface area contributed by atoms with Gasteiger partial charge in [0.25, 0.3) is 11.8 Å². The van der Waals surface area contributed by atoms with Crippen LogP contribution in [0, 0.1) is 5.92 Å². The predicted octanol–water partition coefficient (Wildman–Crippen LogP) is 4.22. The van der Waals surface area contributed by atoms with Gasteiger partial charge in [-0.25, -0.2) is 4.59 Å². The second-order valence-electron chi connectivity index (χ2n) is 9.51. The van der Waals surface area contributed by atoms with Crippen LogP contribution in [0.1, 0.15) is 49.0 Å². The standard InChI is InChI=1S/C27H32N4O2/c1-20(2)16-25(29-26(32)24-12-11-22-9-3-4-10-23(22)17-24)27(33)30-31(14-5-6-15-31)19-21-8-7-13-28-18-21/h3-4,7-13,17-18,20,25H,5-6,14-16,19H2,1-2H3,(H-,29,30,32,33)/p+1/t25-/m0/s1. The summed E-state index contributed by atoms with van der Waals surface area (Å²) >= 11 is 0. The Kier molecular flexibility index (Phi) is 7.04. The summed E-state index contributed by atoms with van der Waals surface area (Å²) in [6, 6.07) is 17.0. The molecule has 2 amide bonds. The quantitative estimate of drug-likeness (QED) is 0.510. The Morgan fingerprint density at radius 1 is 1.00 bits per heavy atom. The Bertz CT molecular complexity index is 1110. The lowest BCUT2D eigenvalue weighted by molar-refractivity contribution is -0.963. The van der Waals surface area contributed by atoms with Gasteiger partial charge in [0.1, 0.15) is 25.7 Å². The number of hydrogen-bond donors (Lipinski definition) is 2. The van der Waals surface area contributed by atoms with Crippen molar-refractivity contribution in [3.05, 3.63) is 78.1 Å². The van der Waals surface area contributed by atoms with E-state index in [-0.39, 0.29) is 17.7 Å². The maximum absolute atomic E-state index is 13.5. The zero-order chi connectivity index (χ0) is 23.3. The third-order valence-corrected chi connectivity index (χ3v) is 6.32. The Balaban J connectivity index is 1.50. The Morgan fingerprint density at radius 3 is 2.45 bits per heavy atom. The summed E-state index contributed by atoms with van der Waals surface area (Å²) in [6.45, 7) is 6.60. The minimum atomic E-state index is -0.589. The van der Waals surface area contributed by atoms with Gasteiger partial charge in [0, 0.05) is 36.4 Å². The van der Waals surface area contributed by atoms with Gasteiger partial charge in [0.2, 0.25) is 0 Å². The van der Waals surface area contributed by atoms with E-state index in [1.807, 2.05) is 60.8 Å². The molecule has 1 aliphatic rings. The largest absolute Gasteiger partial charge is 0.340 e. The van der Waals surface area contributed by atoms with Gasteiger partial charge < -0.3 is 5.32 Å². The second kappa shape index (κ2) is 10.1. The van der Waals surface area contributed by atoms with Gasteiger partial charge in [-0.2, -0.15) is 5.43 Å². The van der Waals surface area contributed by atoms with E-state index in [4.69, 9.17) is 0 Å². The van der Waals surface area contributed by atoms with Gasteiger partial charge in [-0.3, -0.25) is 14.6 Å². The van der Waals surface area contributed by atoms with Crippen LogP contribution in [0.5, 0.6) is 0 Å². The van der Waals surface area contributed by atoms with Crippen molar-refractivity contribution in [2.75, 3.05) is 13.1 Å². The maximum Gasteiger partial charge on any atom is 0.287 e. The fraction of sp³-hybridized carbons (Fsp3) is 0.370. The first kappa shape index (κ1) is 22.9. The predicted molar refractivity (Wildman–Crippen MR) is 130 cm³/mol. The first-order valence-corrected chi connectivity index (χ1v) is 11.8. The molecular formula is C27H33N4O2+. The minimum Gasteiger partial charge on any atom is -0.340 e. The van der Waals surface area contributed by atoms with Crippen LogP contribution in [0.4, 0.5) is 0 Å². The monoisotopic (exact) mass is 445 g/mol. The number of hydrogen-bond acceptors (Lipinski definition) is 3. The Labute approximate surface area is 195 Å². The highest BCUT2D eigenvalue weighted by Gasteiger charge is 2.37. The molecular weight excluding hydrogens is 412 g/mol. The summed E-state index contributed by atoms with van der Waals surface area (Å²) in [6.07, 6.45) is 6.34. The van der Waals surface area contributed by atoms with E-state index in [0.29, 0.717) is 23.1 Å². The number of rotatable bonds is 8. The van der Waals surface area contributed by atoms with Crippen molar-refractivity contribution < 1.29 is 14.2 Å². The molecule has 172 valence electrons. The number of aromatic nitrogens is 1. The van der Waals surface area contributed by atoms with Crippen molar-refractivity contribution >= 4 is 22.6 Å². The third kappa shape index (κ3) is 5.76. The highest BCUT2D eigenvalue weighted by atomic mass is 16.2. The van der Waals surface area contributed by atoms with E-state index >= 15 is 0 Å². The average Bonchev–Trinajstić information content (AvgIpc) is 3.26. The number of carbonyl (C=O) groups excluding carboxylic acids is 2. The first-order chi connectivity index (χ1) is 15.9. The molecule has 33 heavy (non-hydrogen) atoms. The second-order valence-corrected chi connectivity index (χ2v) is 9.51. The summed E-state index contributed by atoms with van der Waals surface area (Å²) in [7, 11) is 0. The molecule has 0 radical (unpaired) electrons. The van der Waals surface area contributed by atoms with Crippen LogP contribution in [0.3, 0.4) is 0 Å². The van der Waals surface area contributed by atoms with Crippen LogP contribution in [0.15, 0.2) is 67.0 Å². The van der Waals surface area contributed by atoms with Gasteiger partial charge in [0.15, 0.2) is 0 Å². The van der Waals surface area contributed by atoms with Crippen LogP contribution in [0.2, 0.25) is 0 Å². The van der Waals surface area contributed by atoms with Crippen molar-refractivity contribution in [2.24, 2.45) is 5.92 Å². The average molecular weight is 446 g/mol. The molecule has 6 nitrogen and oxygen atoms in total. The number of likely N-dealkylation sites (tertiary alicyclic amines) is 1. The highest BCUT2D eigenvalue weighted by Crippen LogP contribution is 2.21. The molecule has 2 N–H and O–H groups in total. The smallest absolute Gasteiger partial charge is 0.287 e. The molecule has 1 aromatic heterocycles. The molecule has 0 spiro atoms. The first-order valence-electron chi connectivity index (χ1n) is 11.8. The maximum atomic E-state index is 13.5. The van der Waals surface area contributed by atoms with E-state index in [9.17, 15) is 9.59 Å². The zero-order valence-corrected chi connectivity index (χ0v) is 19.5. The molecule has 1 atom stereocenters. The normalized spacial score (nSPS) is 16.0. The van der Waals surface area contributed by atoms with Crippen molar-refractivity contribution in [1.29, 1.82) is 0 Å². The molecule has 6 heteroatoms. The van der Waals surface area contributed by atoms with E-state index in [0.717, 1.165) is 42.3 Å². The van der Waals surface area contributed by atoms with Gasteiger partial charge in [-0.05, 0) is 41.3 Å². The molecule has 1 aliphatic heterocycles. The van der Waals surface area contributed by atoms with E-state index in [1.165, 1.54) is 0 Å². The number of pyridine rings is 1. The van der Waals surface area contributed by atoms with Gasteiger partial charge in [-0.1, -0.05) is 50.2 Å². The molecule has 2 aromatic carbocycles. The van der Waals surface area contributed by atoms with Crippen LogP contribution in [0.25, 0.3) is 10.8 Å². The fourth-order valence-electron chi connectivity index (χ4n) is 4.68. The Hall–Kier alpha value is -3.25.